The minimum absolute atomic E-state index is 0.182. The Morgan fingerprint density at radius 3 is 2.88 bits per heavy atom. The number of amides is 1. The first kappa shape index (κ1) is 11.1. The van der Waals surface area contributed by atoms with Gasteiger partial charge in [0.15, 0.2) is 0 Å². The summed E-state index contributed by atoms with van der Waals surface area (Å²) in [6, 6.07) is 0. The molecular formula is C10H16N4O2. The number of nitrogens with zero attached hydrogens (tertiary/aromatic N) is 2. The van der Waals surface area contributed by atoms with Crippen LogP contribution < -0.4 is 10.6 Å². The first-order valence-electron chi connectivity index (χ1n) is 5.54. The molecule has 0 radical (unpaired) electrons. The average molecular weight is 224 g/mol. The Kier molecular flexibility index (Phi) is 3.51. The van der Waals surface area contributed by atoms with E-state index < -0.39 is 0 Å². The maximum Gasteiger partial charge on any atom is 0.223 e. The van der Waals surface area contributed by atoms with Crippen LogP contribution >= 0.6 is 0 Å². The van der Waals surface area contributed by atoms with Gasteiger partial charge in [0.1, 0.15) is 11.4 Å². The van der Waals surface area contributed by atoms with Crippen LogP contribution in [-0.4, -0.2) is 29.3 Å². The van der Waals surface area contributed by atoms with Crippen LogP contribution in [0.3, 0.4) is 0 Å². The number of carbonyl (C=O) groups is 1. The van der Waals surface area contributed by atoms with Crippen molar-refractivity contribution in [1.29, 1.82) is 0 Å². The van der Waals surface area contributed by atoms with E-state index in [1.165, 1.54) is 0 Å². The predicted molar refractivity (Wildman–Crippen MR) is 56.5 cm³/mol. The highest BCUT2D eigenvalue weighted by Gasteiger charge is 2.28. The van der Waals surface area contributed by atoms with E-state index in [1.807, 2.05) is 6.92 Å². The summed E-state index contributed by atoms with van der Waals surface area (Å²) in [5.41, 5.74) is 1.61. The van der Waals surface area contributed by atoms with Crippen molar-refractivity contribution in [1.82, 2.24) is 20.9 Å². The fourth-order valence-corrected chi connectivity index (χ4v) is 1.38. The van der Waals surface area contributed by atoms with Crippen molar-refractivity contribution in [3.8, 4) is 0 Å². The molecule has 2 N–H and O–H groups in total. The van der Waals surface area contributed by atoms with Crippen molar-refractivity contribution in [2.24, 2.45) is 5.92 Å². The third kappa shape index (κ3) is 3.03. The van der Waals surface area contributed by atoms with Crippen molar-refractivity contribution < 1.29 is 9.42 Å². The molecule has 88 valence electrons. The molecule has 6 heteroatoms. The van der Waals surface area contributed by atoms with Gasteiger partial charge in [0.2, 0.25) is 5.91 Å². The summed E-state index contributed by atoms with van der Waals surface area (Å²) in [5, 5.41) is 13.5. The Labute approximate surface area is 93.7 Å². The lowest BCUT2D eigenvalue weighted by Gasteiger charge is -2.04. The quantitative estimate of drug-likeness (QED) is 0.664. The van der Waals surface area contributed by atoms with Crippen LogP contribution in [0.4, 0.5) is 0 Å². The molecule has 1 amide bonds. The molecule has 6 nitrogen and oxygen atoms in total. The summed E-state index contributed by atoms with van der Waals surface area (Å²) in [6.07, 6.45) is 2.09. The van der Waals surface area contributed by atoms with E-state index in [2.05, 4.69) is 25.6 Å². The molecule has 0 bridgehead atoms. The summed E-state index contributed by atoms with van der Waals surface area (Å²) in [6.45, 7) is 3.85. The van der Waals surface area contributed by atoms with Gasteiger partial charge in [-0.3, -0.25) is 4.79 Å². The van der Waals surface area contributed by atoms with Crippen LogP contribution in [0.5, 0.6) is 0 Å². The molecule has 0 unspecified atom stereocenters. The van der Waals surface area contributed by atoms with Gasteiger partial charge in [0, 0.05) is 25.6 Å². The summed E-state index contributed by atoms with van der Waals surface area (Å²) < 4.78 is 4.57. The Morgan fingerprint density at radius 2 is 2.25 bits per heavy atom. The van der Waals surface area contributed by atoms with Crippen molar-refractivity contribution in [2.75, 3.05) is 13.1 Å². The second-order valence-corrected chi connectivity index (χ2v) is 4.04. The molecule has 1 aromatic heterocycles. The fraction of sp³-hybridized carbons (Fsp3) is 0.700. The van der Waals surface area contributed by atoms with Crippen LogP contribution in [0.2, 0.25) is 0 Å². The highest BCUT2D eigenvalue weighted by atomic mass is 16.6. The van der Waals surface area contributed by atoms with Crippen LogP contribution in [0.25, 0.3) is 0 Å². The fourth-order valence-electron chi connectivity index (χ4n) is 1.38. The normalized spacial score (nSPS) is 15.1. The van der Waals surface area contributed by atoms with Gasteiger partial charge in [-0.2, -0.15) is 0 Å². The van der Waals surface area contributed by atoms with Crippen LogP contribution in [0.15, 0.2) is 4.63 Å². The number of aromatic nitrogens is 2. The van der Waals surface area contributed by atoms with Crippen LogP contribution in [0.1, 0.15) is 24.2 Å². The summed E-state index contributed by atoms with van der Waals surface area (Å²) in [4.78, 5) is 11.3. The predicted octanol–water partition coefficient (Wildman–Crippen LogP) is -0.00618. The Morgan fingerprint density at radius 1 is 1.44 bits per heavy atom. The second kappa shape index (κ2) is 5.07. The SMILES string of the molecule is Cc1nonc1CNCCNC(=O)C1CC1. The summed E-state index contributed by atoms with van der Waals surface area (Å²) in [7, 11) is 0. The van der Waals surface area contributed by atoms with Crippen molar-refractivity contribution in [2.45, 2.75) is 26.3 Å². The smallest absolute Gasteiger partial charge is 0.223 e. The van der Waals surface area contributed by atoms with Gasteiger partial charge in [-0.05, 0) is 19.8 Å². The Hall–Kier alpha value is -1.43. The Balaban J connectivity index is 1.55. The zero-order valence-electron chi connectivity index (χ0n) is 9.32. The molecule has 1 saturated carbocycles. The third-order valence-corrected chi connectivity index (χ3v) is 2.59. The molecule has 0 aliphatic heterocycles. The molecule has 0 spiro atoms. The number of carbonyl (C=O) groups excluding carboxylic acids is 1. The maximum absolute atomic E-state index is 11.3. The molecule has 1 aliphatic carbocycles. The van der Waals surface area contributed by atoms with E-state index in [0.717, 1.165) is 30.8 Å². The molecule has 0 saturated heterocycles. The highest BCUT2D eigenvalue weighted by molar-refractivity contribution is 5.80. The molecule has 1 heterocycles. The third-order valence-electron chi connectivity index (χ3n) is 2.59. The van der Waals surface area contributed by atoms with E-state index in [1.54, 1.807) is 0 Å². The minimum Gasteiger partial charge on any atom is -0.355 e. The van der Waals surface area contributed by atoms with Gasteiger partial charge in [-0.25, -0.2) is 4.63 Å². The van der Waals surface area contributed by atoms with Crippen LogP contribution in [-0.2, 0) is 11.3 Å². The first-order chi connectivity index (χ1) is 7.77. The van der Waals surface area contributed by atoms with E-state index in [4.69, 9.17) is 0 Å². The average Bonchev–Trinajstić information content (AvgIpc) is 3.04. The second-order valence-electron chi connectivity index (χ2n) is 4.04. The standard InChI is InChI=1S/C10H16N4O2/c1-7-9(14-16-13-7)6-11-4-5-12-10(15)8-2-3-8/h8,11H,2-6H2,1H3,(H,12,15). The van der Waals surface area contributed by atoms with E-state index in [0.29, 0.717) is 13.1 Å². The summed E-state index contributed by atoms with van der Waals surface area (Å²) in [5.74, 6) is 0.461. The highest BCUT2D eigenvalue weighted by Crippen LogP contribution is 2.28. The molecule has 0 aromatic carbocycles. The van der Waals surface area contributed by atoms with Gasteiger partial charge in [0.05, 0.1) is 0 Å². The van der Waals surface area contributed by atoms with Gasteiger partial charge in [-0.1, -0.05) is 10.3 Å². The molecular weight excluding hydrogens is 208 g/mol. The lowest BCUT2D eigenvalue weighted by molar-refractivity contribution is -0.122. The Bertz CT molecular complexity index is 359. The van der Waals surface area contributed by atoms with E-state index in [9.17, 15) is 4.79 Å². The molecule has 2 rings (SSSR count). The van der Waals surface area contributed by atoms with Crippen LogP contribution in [0, 0.1) is 12.8 Å². The largest absolute Gasteiger partial charge is 0.355 e. The number of hydrogen-bond donors (Lipinski definition) is 2. The van der Waals surface area contributed by atoms with Crippen molar-refractivity contribution in [3.05, 3.63) is 11.4 Å². The number of rotatable bonds is 6. The van der Waals surface area contributed by atoms with E-state index >= 15 is 0 Å². The molecule has 1 aromatic rings. The van der Waals surface area contributed by atoms with E-state index in [-0.39, 0.29) is 11.8 Å². The number of aryl methyl sites for hydroxylation is 1. The van der Waals surface area contributed by atoms with Crippen molar-refractivity contribution in [3.63, 3.8) is 0 Å². The summed E-state index contributed by atoms with van der Waals surface area (Å²) >= 11 is 0. The zero-order chi connectivity index (χ0) is 11.4. The topological polar surface area (TPSA) is 80.1 Å². The zero-order valence-corrected chi connectivity index (χ0v) is 9.32. The molecule has 1 aliphatic rings. The van der Waals surface area contributed by atoms with Gasteiger partial charge in [0.25, 0.3) is 0 Å². The van der Waals surface area contributed by atoms with Gasteiger partial charge >= 0.3 is 0 Å². The number of nitrogens with one attached hydrogen (secondary N) is 2. The minimum atomic E-state index is 0.182. The van der Waals surface area contributed by atoms with Gasteiger partial charge < -0.3 is 10.6 Å². The van der Waals surface area contributed by atoms with Gasteiger partial charge in [-0.15, -0.1) is 0 Å². The molecule has 0 atom stereocenters. The lowest BCUT2D eigenvalue weighted by atomic mass is 10.3. The monoisotopic (exact) mass is 224 g/mol. The number of hydrogen-bond acceptors (Lipinski definition) is 5. The van der Waals surface area contributed by atoms with Crippen molar-refractivity contribution >= 4 is 5.91 Å². The molecule has 1 fully saturated rings. The lowest BCUT2D eigenvalue weighted by Crippen LogP contribution is -2.32. The first-order valence-corrected chi connectivity index (χ1v) is 5.54. The maximum atomic E-state index is 11.3. The molecule has 16 heavy (non-hydrogen) atoms.